The Morgan fingerprint density at radius 1 is 0.615 bits per heavy atom. The maximum Gasteiger partial charge on any atom is 0.170 e. The minimum Gasteiger partial charge on any atom is -0.385 e. The van der Waals surface area contributed by atoms with Crippen LogP contribution >= 0.6 is 0 Å². The van der Waals surface area contributed by atoms with E-state index < -0.39 is 0 Å². The van der Waals surface area contributed by atoms with Crippen molar-refractivity contribution in [3.63, 3.8) is 0 Å². The average Bonchev–Trinajstić information content (AvgIpc) is 2.69. The van der Waals surface area contributed by atoms with E-state index in [4.69, 9.17) is 0 Å². The minimum absolute atomic E-state index is 1.04. The van der Waals surface area contributed by atoms with E-state index in [1.54, 1.807) is 0 Å². The van der Waals surface area contributed by atoms with Gasteiger partial charge in [0.25, 0.3) is 0 Å². The smallest absolute Gasteiger partial charge is 0.170 e. The number of aromatic nitrogens is 2. The molecule has 0 aromatic carbocycles. The van der Waals surface area contributed by atoms with Crippen molar-refractivity contribution in [1.29, 1.82) is 0 Å². The topological polar surface area (TPSA) is 31.8 Å². The number of rotatable bonds is 13. The second-order valence-corrected chi connectivity index (χ2v) is 6.92. The van der Waals surface area contributed by atoms with E-state index in [1.807, 2.05) is 0 Å². The molecule has 0 amide bonds. The lowest BCUT2D eigenvalue weighted by Gasteiger charge is -2.04. The van der Waals surface area contributed by atoms with Gasteiger partial charge in [-0.2, -0.15) is 0 Å². The van der Waals surface area contributed by atoms with E-state index in [2.05, 4.69) is 82.7 Å². The molecular formula is C22H36N4+2. The highest BCUT2D eigenvalue weighted by Crippen LogP contribution is 2.05. The normalized spacial score (nSPS) is 10.7. The number of nitrogens with zero attached hydrogens (tertiary/aromatic N) is 2. The molecule has 0 bridgehead atoms. The molecule has 0 spiro atoms. The second kappa shape index (κ2) is 12.3. The summed E-state index contributed by atoms with van der Waals surface area (Å²) >= 11 is 0. The lowest BCUT2D eigenvalue weighted by Crippen LogP contribution is -2.33. The zero-order valence-electron chi connectivity index (χ0n) is 16.6. The summed E-state index contributed by atoms with van der Waals surface area (Å²) in [6.07, 6.45) is 16.1. The van der Waals surface area contributed by atoms with Gasteiger partial charge in [-0.1, -0.05) is 13.8 Å². The number of unbranched alkanes of at least 4 members (excludes halogenated alkanes) is 3. The van der Waals surface area contributed by atoms with E-state index in [9.17, 15) is 0 Å². The molecule has 0 saturated heterocycles. The zero-order valence-corrected chi connectivity index (χ0v) is 16.6. The third-order valence-electron chi connectivity index (χ3n) is 4.52. The lowest BCUT2D eigenvalue weighted by atomic mass is 10.2. The van der Waals surface area contributed by atoms with Gasteiger partial charge in [-0.25, -0.2) is 9.13 Å². The molecule has 2 aromatic heterocycles. The van der Waals surface area contributed by atoms with Gasteiger partial charge in [0, 0.05) is 61.6 Å². The average molecular weight is 357 g/mol. The second-order valence-electron chi connectivity index (χ2n) is 6.92. The standard InChI is InChI=1S/C22H34N4/c1-3-13-23-21-9-17-25(18-10-21)15-7-5-6-8-16-26-19-11-22(12-20-26)24-14-4-2/h9-12,17-20H,3-8,13-16H2,1-2H3/p+2. The summed E-state index contributed by atoms with van der Waals surface area (Å²) in [5.41, 5.74) is 2.44. The van der Waals surface area contributed by atoms with Gasteiger partial charge in [-0.3, -0.25) is 0 Å². The van der Waals surface area contributed by atoms with Crippen molar-refractivity contribution < 1.29 is 9.13 Å². The van der Waals surface area contributed by atoms with Crippen molar-refractivity contribution in [2.24, 2.45) is 0 Å². The first-order valence-corrected chi connectivity index (χ1v) is 10.3. The fourth-order valence-electron chi connectivity index (χ4n) is 2.93. The molecule has 2 heterocycles. The molecule has 2 rings (SSSR count). The quantitative estimate of drug-likeness (QED) is 0.417. The summed E-state index contributed by atoms with van der Waals surface area (Å²) in [5, 5.41) is 6.83. The van der Waals surface area contributed by atoms with Crippen LogP contribution in [0.4, 0.5) is 11.4 Å². The van der Waals surface area contributed by atoms with Gasteiger partial charge in [-0.15, -0.1) is 0 Å². The van der Waals surface area contributed by atoms with Crippen molar-refractivity contribution >= 4 is 11.4 Å². The number of hydrogen-bond acceptors (Lipinski definition) is 2. The summed E-state index contributed by atoms with van der Waals surface area (Å²) in [7, 11) is 0. The first-order chi connectivity index (χ1) is 12.8. The Balaban J connectivity index is 1.56. The molecule has 0 atom stereocenters. The minimum atomic E-state index is 1.04. The molecule has 4 heteroatoms. The van der Waals surface area contributed by atoms with Crippen LogP contribution in [0.2, 0.25) is 0 Å². The molecule has 0 radical (unpaired) electrons. The summed E-state index contributed by atoms with van der Waals surface area (Å²) in [4.78, 5) is 0. The lowest BCUT2D eigenvalue weighted by molar-refractivity contribution is -0.698. The predicted molar refractivity (Wildman–Crippen MR) is 109 cm³/mol. The Bertz CT molecular complexity index is 537. The first-order valence-electron chi connectivity index (χ1n) is 10.3. The fourth-order valence-corrected chi connectivity index (χ4v) is 2.93. The van der Waals surface area contributed by atoms with Crippen molar-refractivity contribution in [3.8, 4) is 0 Å². The van der Waals surface area contributed by atoms with Gasteiger partial charge in [-0.05, 0) is 25.7 Å². The van der Waals surface area contributed by atoms with E-state index >= 15 is 0 Å². The molecule has 2 N–H and O–H groups in total. The van der Waals surface area contributed by atoms with Gasteiger partial charge in [0.1, 0.15) is 13.1 Å². The number of aryl methyl sites for hydroxylation is 2. The molecule has 26 heavy (non-hydrogen) atoms. The first kappa shape index (κ1) is 20.2. The Labute approximate surface area is 159 Å². The molecule has 0 fully saturated rings. The molecule has 0 saturated carbocycles. The largest absolute Gasteiger partial charge is 0.385 e. The molecular weight excluding hydrogens is 320 g/mol. The van der Waals surface area contributed by atoms with Crippen LogP contribution in [0.15, 0.2) is 49.1 Å². The maximum absolute atomic E-state index is 3.41. The SMILES string of the molecule is CCCNc1cc[n+](CCCCCC[n+]2ccc(NCCC)cc2)cc1. The highest BCUT2D eigenvalue weighted by molar-refractivity contribution is 5.40. The van der Waals surface area contributed by atoms with Crippen LogP contribution < -0.4 is 19.8 Å². The van der Waals surface area contributed by atoms with E-state index in [0.717, 1.165) is 39.0 Å². The Kier molecular flexibility index (Phi) is 9.55. The number of anilines is 2. The highest BCUT2D eigenvalue weighted by atomic mass is 14.9. The van der Waals surface area contributed by atoms with Crippen LogP contribution in [-0.4, -0.2) is 13.1 Å². The van der Waals surface area contributed by atoms with Crippen molar-refractivity contribution in [3.05, 3.63) is 49.1 Å². The van der Waals surface area contributed by atoms with Crippen LogP contribution in [0.5, 0.6) is 0 Å². The van der Waals surface area contributed by atoms with Crippen LogP contribution in [0.25, 0.3) is 0 Å². The van der Waals surface area contributed by atoms with E-state index in [0.29, 0.717) is 0 Å². The van der Waals surface area contributed by atoms with Gasteiger partial charge >= 0.3 is 0 Å². The van der Waals surface area contributed by atoms with Crippen molar-refractivity contribution in [2.45, 2.75) is 65.5 Å². The number of nitrogens with one attached hydrogen (secondary N) is 2. The Morgan fingerprint density at radius 3 is 1.35 bits per heavy atom. The van der Waals surface area contributed by atoms with Gasteiger partial charge in [0.2, 0.25) is 0 Å². The third kappa shape index (κ3) is 7.85. The van der Waals surface area contributed by atoms with E-state index in [1.165, 1.54) is 37.1 Å². The molecule has 0 aliphatic heterocycles. The van der Waals surface area contributed by atoms with Crippen LogP contribution in [0, 0.1) is 0 Å². The molecule has 4 nitrogen and oxygen atoms in total. The zero-order chi connectivity index (χ0) is 18.5. The fraction of sp³-hybridized carbons (Fsp3) is 0.545. The predicted octanol–water partition coefficient (Wildman–Crippen LogP) is 4.17. The number of hydrogen-bond donors (Lipinski definition) is 2. The number of pyridine rings is 2. The maximum atomic E-state index is 3.41. The monoisotopic (exact) mass is 356 g/mol. The third-order valence-corrected chi connectivity index (χ3v) is 4.52. The van der Waals surface area contributed by atoms with Crippen LogP contribution in [-0.2, 0) is 13.1 Å². The molecule has 0 aliphatic carbocycles. The molecule has 142 valence electrons. The van der Waals surface area contributed by atoms with Crippen molar-refractivity contribution in [2.75, 3.05) is 23.7 Å². The molecule has 2 aromatic rings. The van der Waals surface area contributed by atoms with Gasteiger partial charge < -0.3 is 10.6 Å². The summed E-state index contributed by atoms with van der Waals surface area (Å²) < 4.78 is 4.57. The van der Waals surface area contributed by atoms with Crippen molar-refractivity contribution in [1.82, 2.24) is 0 Å². The van der Waals surface area contributed by atoms with Gasteiger partial charge in [0.15, 0.2) is 24.8 Å². The van der Waals surface area contributed by atoms with Gasteiger partial charge in [0.05, 0.1) is 0 Å². The van der Waals surface area contributed by atoms with Crippen LogP contribution in [0.1, 0.15) is 52.4 Å². The Hall–Kier alpha value is -2.10. The van der Waals surface area contributed by atoms with E-state index in [-0.39, 0.29) is 0 Å². The summed E-state index contributed by atoms with van der Waals surface area (Å²) in [6.45, 7) is 8.68. The van der Waals surface area contributed by atoms with Crippen LogP contribution in [0.3, 0.4) is 0 Å². The summed E-state index contributed by atoms with van der Waals surface area (Å²) in [6, 6.07) is 8.69. The Morgan fingerprint density at radius 2 is 1.00 bits per heavy atom. The highest BCUT2D eigenvalue weighted by Gasteiger charge is 2.03. The molecule has 0 aliphatic rings. The summed E-state index contributed by atoms with van der Waals surface area (Å²) in [5.74, 6) is 0. The molecule has 0 unspecified atom stereocenters.